The number of rotatable bonds is 13. The molecule has 0 aliphatic carbocycles. The fraction of sp³-hybridized carbons (Fsp3) is 0.462. The van der Waals surface area contributed by atoms with Crippen LogP contribution in [0.2, 0.25) is 10.3 Å². The average Bonchev–Trinajstić information content (AvgIpc) is 2.98. The standard InChI is InChI=1S/C26H40Cl2N16O4/c1-26(2,3)14(38-11(45)7-6-10-37-25(34)44-22(47)13-18(30)42-20(32)16(28)40-13)23(48)35-8-4-5-9-36-24(33)43-21(46)12-17(29)41-19(31)15(27)39-12/h14H,4-10H2,1-3H3,(H,35,48)(H,38,45)(H4,29,31,41)(H4,30,32,42)(H3,33,36,43,46)(H3,34,37,44,47)/t14-/m1/s1. The highest BCUT2D eigenvalue weighted by Crippen LogP contribution is 2.20. The summed E-state index contributed by atoms with van der Waals surface area (Å²) < 4.78 is 0. The van der Waals surface area contributed by atoms with Crippen LogP contribution in [0.3, 0.4) is 0 Å². The number of hydrogen-bond acceptors (Lipinski definition) is 14. The van der Waals surface area contributed by atoms with E-state index in [4.69, 9.17) is 57.6 Å². The number of unbranched alkanes of at least 4 members (excludes halogenated alkanes) is 1. The number of carbonyl (C=O) groups is 4. The minimum atomic E-state index is -0.822. The monoisotopic (exact) mass is 710 g/mol. The number of amides is 4. The van der Waals surface area contributed by atoms with Crippen molar-refractivity contribution in [2.75, 3.05) is 42.6 Å². The number of aromatic nitrogens is 4. The lowest BCUT2D eigenvalue weighted by molar-refractivity contribution is -0.131. The van der Waals surface area contributed by atoms with Gasteiger partial charge in [0.25, 0.3) is 11.8 Å². The van der Waals surface area contributed by atoms with Gasteiger partial charge in [-0.15, -0.1) is 0 Å². The maximum absolute atomic E-state index is 12.9. The van der Waals surface area contributed by atoms with Gasteiger partial charge in [-0.2, -0.15) is 0 Å². The molecule has 22 heteroatoms. The van der Waals surface area contributed by atoms with Crippen molar-refractivity contribution in [3.05, 3.63) is 21.7 Å². The molecule has 0 aliphatic rings. The number of guanidine groups is 2. The summed E-state index contributed by atoms with van der Waals surface area (Å²) in [6, 6.07) is -0.822. The van der Waals surface area contributed by atoms with Gasteiger partial charge in [0.05, 0.1) is 0 Å². The molecule has 0 fully saturated rings. The first-order valence-electron chi connectivity index (χ1n) is 14.4. The van der Waals surface area contributed by atoms with Crippen molar-refractivity contribution in [3.63, 3.8) is 0 Å². The van der Waals surface area contributed by atoms with Gasteiger partial charge in [-0.1, -0.05) is 44.0 Å². The molecule has 2 aromatic rings. The molecule has 0 aliphatic heterocycles. The summed E-state index contributed by atoms with van der Waals surface area (Å²) >= 11 is 11.6. The zero-order valence-corrected chi connectivity index (χ0v) is 28.1. The highest BCUT2D eigenvalue weighted by atomic mass is 35.5. The van der Waals surface area contributed by atoms with Crippen LogP contribution in [-0.4, -0.2) is 81.2 Å². The summed E-state index contributed by atoms with van der Waals surface area (Å²) in [5.74, 6) is -3.38. The molecule has 20 nitrogen and oxygen atoms in total. The predicted octanol–water partition coefficient (Wildman–Crippen LogP) is -1.10. The number of halogens is 2. The molecule has 1 atom stereocenters. The molecule has 0 spiro atoms. The third-order valence-corrected chi connectivity index (χ3v) is 6.72. The molecule has 48 heavy (non-hydrogen) atoms. The van der Waals surface area contributed by atoms with E-state index in [1.807, 2.05) is 20.8 Å². The van der Waals surface area contributed by atoms with Gasteiger partial charge in [0.15, 0.2) is 56.9 Å². The van der Waals surface area contributed by atoms with E-state index in [1.165, 1.54) is 0 Å². The van der Waals surface area contributed by atoms with Crippen molar-refractivity contribution in [2.45, 2.75) is 52.5 Å². The maximum atomic E-state index is 12.9. The van der Waals surface area contributed by atoms with Crippen LogP contribution in [0.4, 0.5) is 23.3 Å². The summed E-state index contributed by atoms with van der Waals surface area (Å²) in [4.78, 5) is 73.3. The lowest BCUT2D eigenvalue weighted by Gasteiger charge is -2.30. The highest BCUT2D eigenvalue weighted by molar-refractivity contribution is 6.32. The molecule has 0 saturated heterocycles. The number of anilines is 4. The van der Waals surface area contributed by atoms with Crippen molar-refractivity contribution in [1.29, 1.82) is 0 Å². The Hall–Kier alpha value is -5.24. The topological polar surface area (TPSA) is 349 Å². The van der Waals surface area contributed by atoms with Gasteiger partial charge in [-0.05, 0) is 24.7 Å². The molecule has 262 valence electrons. The average molecular weight is 712 g/mol. The van der Waals surface area contributed by atoms with E-state index >= 15 is 0 Å². The third-order valence-electron chi connectivity index (χ3n) is 6.17. The van der Waals surface area contributed by atoms with Crippen molar-refractivity contribution >= 4 is 82.0 Å². The number of nitrogen functional groups attached to an aromatic ring is 4. The maximum Gasteiger partial charge on any atom is 0.280 e. The van der Waals surface area contributed by atoms with E-state index < -0.39 is 23.3 Å². The number of hydrogen-bond donors (Lipinski definition) is 10. The summed E-state index contributed by atoms with van der Waals surface area (Å²) in [6.07, 6.45) is 1.37. The Balaban J connectivity index is 1.75. The smallest absolute Gasteiger partial charge is 0.280 e. The van der Waals surface area contributed by atoms with Gasteiger partial charge in [-0.3, -0.25) is 39.8 Å². The molecule has 0 radical (unpaired) electrons. The Bertz CT molecular complexity index is 1580. The van der Waals surface area contributed by atoms with Crippen LogP contribution in [-0.2, 0) is 9.59 Å². The van der Waals surface area contributed by atoms with Gasteiger partial charge in [0, 0.05) is 26.1 Å². The van der Waals surface area contributed by atoms with Crippen LogP contribution in [0.15, 0.2) is 9.98 Å². The fourth-order valence-corrected chi connectivity index (χ4v) is 4.00. The van der Waals surface area contributed by atoms with E-state index in [0.717, 1.165) is 0 Å². The number of carbonyl (C=O) groups excluding carboxylic acids is 4. The van der Waals surface area contributed by atoms with Gasteiger partial charge in [-0.25, -0.2) is 19.9 Å². The molecule has 0 unspecified atom stereocenters. The summed E-state index contributed by atoms with van der Waals surface area (Å²) in [7, 11) is 0. The second-order valence-corrected chi connectivity index (χ2v) is 11.9. The Labute approximate surface area is 285 Å². The first-order valence-corrected chi connectivity index (χ1v) is 15.1. The van der Waals surface area contributed by atoms with Crippen molar-refractivity contribution < 1.29 is 19.2 Å². The molecular weight excluding hydrogens is 671 g/mol. The predicted molar refractivity (Wildman–Crippen MR) is 183 cm³/mol. The van der Waals surface area contributed by atoms with Gasteiger partial charge >= 0.3 is 0 Å². The van der Waals surface area contributed by atoms with Crippen LogP contribution >= 0.6 is 23.2 Å². The Morgan fingerprint density at radius 3 is 1.65 bits per heavy atom. The molecule has 0 aromatic carbocycles. The van der Waals surface area contributed by atoms with Crippen LogP contribution in [0.5, 0.6) is 0 Å². The van der Waals surface area contributed by atoms with Gasteiger partial charge in [0.1, 0.15) is 6.04 Å². The molecule has 2 aromatic heterocycles. The summed E-state index contributed by atoms with van der Waals surface area (Å²) in [5.41, 5.74) is 32.7. The Morgan fingerprint density at radius 2 is 1.19 bits per heavy atom. The van der Waals surface area contributed by atoms with E-state index in [9.17, 15) is 19.2 Å². The normalized spacial score (nSPS) is 12.6. The van der Waals surface area contributed by atoms with Crippen molar-refractivity contribution in [3.8, 4) is 0 Å². The minimum absolute atomic E-state index is 0.0388. The SMILES string of the molecule is CC(C)(C)[C@H](NC(=O)CCCN=C(N)NC(=O)c1nc(Cl)c(N)nc1N)C(=O)NCCCCN=C(N)NC(=O)c1nc(Cl)c(N)nc1N. The van der Waals surface area contributed by atoms with E-state index in [-0.39, 0.29) is 94.6 Å². The molecule has 0 bridgehead atoms. The summed E-state index contributed by atoms with van der Waals surface area (Å²) in [5, 5.41) is 9.83. The van der Waals surface area contributed by atoms with Gasteiger partial charge < -0.3 is 45.0 Å². The van der Waals surface area contributed by atoms with Crippen LogP contribution in [0.1, 0.15) is 67.4 Å². The molecule has 2 heterocycles. The Morgan fingerprint density at radius 1 is 0.729 bits per heavy atom. The number of nitrogens with one attached hydrogen (secondary N) is 4. The lowest BCUT2D eigenvalue weighted by atomic mass is 9.86. The molecule has 0 saturated carbocycles. The molecule has 4 amide bonds. The first kappa shape index (κ1) is 38.9. The first-order chi connectivity index (χ1) is 22.4. The fourth-order valence-electron chi connectivity index (χ4n) is 3.74. The van der Waals surface area contributed by atoms with Crippen LogP contribution < -0.4 is 55.7 Å². The van der Waals surface area contributed by atoms with Crippen molar-refractivity contribution in [1.82, 2.24) is 41.2 Å². The molecular formula is C26H40Cl2N16O4. The second-order valence-electron chi connectivity index (χ2n) is 11.2. The zero-order chi connectivity index (χ0) is 36.2. The summed E-state index contributed by atoms with van der Waals surface area (Å²) in [6.45, 7) is 6.11. The molecule has 2 rings (SSSR count). The second kappa shape index (κ2) is 17.6. The lowest BCUT2D eigenvalue weighted by Crippen LogP contribution is -2.53. The minimum Gasteiger partial charge on any atom is -0.382 e. The zero-order valence-electron chi connectivity index (χ0n) is 26.6. The number of nitrogens with two attached hydrogens (primary N) is 6. The van der Waals surface area contributed by atoms with Gasteiger partial charge in [0.2, 0.25) is 11.8 Å². The third kappa shape index (κ3) is 12.2. The van der Waals surface area contributed by atoms with E-state index in [0.29, 0.717) is 19.4 Å². The van der Waals surface area contributed by atoms with Crippen LogP contribution in [0.25, 0.3) is 0 Å². The van der Waals surface area contributed by atoms with E-state index in [1.54, 1.807) is 0 Å². The number of nitrogens with zero attached hydrogens (tertiary/aromatic N) is 6. The highest BCUT2D eigenvalue weighted by Gasteiger charge is 2.32. The van der Waals surface area contributed by atoms with Crippen molar-refractivity contribution in [2.24, 2.45) is 26.9 Å². The van der Waals surface area contributed by atoms with Crippen LogP contribution in [0, 0.1) is 5.41 Å². The largest absolute Gasteiger partial charge is 0.382 e. The number of aliphatic imine (C=N–C) groups is 2. The molecule has 16 N–H and O–H groups in total. The Kier molecular flexibility index (Phi) is 14.3. The van der Waals surface area contributed by atoms with E-state index in [2.05, 4.69) is 51.2 Å². The quantitative estimate of drug-likeness (QED) is 0.0670.